The Labute approximate surface area is 124 Å². The Kier molecular flexibility index (Phi) is 6.95. The number of carbonyl (C=O) groups is 1. The van der Waals surface area contributed by atoms with Gasteiger partial charge in [0.2, 0.25) is 0 Å². The maximum absolute atomic E-state index is 12.1. The van der Waals surface area contributed by atoms with E-state index in [0.29, 0.717) is 11.5 Å². The third-order valence-corrected chi connectivity index (χ3v) is 4.52. The smallest absolute Gasteiger partial charge is 0.410 e. The minimum atomic E-state index is -0.729. The van der Waals surface area contributed by atoms with Crippen LogP contribution in [0.15, 0.2) is 0 Å². The Hall–Kier alpha value is -0.620. The van der Waals surface area contributed by atoms with Crippen LogP contribution in [0.25, 0.3) is 0 Å². The van der Waals surface area contributed by atoms with Crippen molar-refractivity contribution < 1.29 is 13.7 Å². The molecule has 20 heavy (non-hydrogen) atoms. The van der Waals surface area contributed by atoms with Gasteiger partial charge in [0.25, 0.3) is 0 Å². The summed E-state index contributed by atoms with van der Waals surface area (Å²) in [6, 6.07) is 0.194. The zero-order valence-corrected chi connectivity index (χ0v) is 13.9. The molecule has 1 rings (SSSR count). The molecule has 0 aromatic rings. The first-order valence-electron chi connectivity index (χ1n) is 7.39. The zero-order chi connectivity index (χ0) is 15.2. The van der Waals surface area contributed by atoms with Crippen LogP contribution in [0.3, 0.4) is 0 Å². The second-order valence-electron chi connectivity index (χ2n) is 6.11. The number of nitrogens with zero attached hydrogens (tertiary/aromatic N) is 1. The molecule has 0 aromatic carbocycles. The van der Waals surface area contributed by atoms with E-state index in [-0.39, 0.29) is 12.1 Å². The average Bonchev–Trinajstić information content (AvgIpc) is 2.80. The van der Waals surface area contributed by atoms with Gasteiger partial charge in [-0.05, 0) is 33.6 Å². The summed E-state index contributed by atoms with van der Waals surface area (Å²) in [7, 11) is -0.729. The molecule has 5 nitrogen and oxygen atoms in total. The highest BCUT2D eigenvalue weighted by molar-refractivity contribution is 7.84. The van der Waals surface area contributed by atoms with Crippen molar-refractivity contribution in [1.29, 1.82) is 0 Å². The molecule has 0 spiro atoms. The van der Waals surface area contributed by atoms with Gasteiger partial charge in [-0.15, -0.1) is 0 Å². The molecule has 1 saturated heterocycles. The first kappa shape index (κ1) is 17.4. The SMILES string of the molecule is CCS(=O)CCNCC1CCCN1C(=O)OC(C)(C)C. The summed E-state index contributed by atoms with van der Waals surface area (Å²) in [6.07, 6.45) is 1.80. The monoisotopic (exact) mass is 304 g/mol. The third kappa shape index (κ3) is 6.22. The lowest BCUT2D eigenvalue weighted by molar-refractivity contribution is 0.0227. The highest BCUT2D eigenvalue weighted by Gasteiger charge is 2.31. The number of rotatable bonds is 6. The molecule has 1 amide bonds. The number of likely N-dealkylation sites (tertiary alicyclic amines) is 1. The van der Waals surface area contributed by atoms with Gasteiger partial charge in [0, 0.05) is 48.0 Å². The summed E-state index contributed by atoms with van der Waals surface area (Å²) in [5, 5.41) is 3.30. The van der Waals surface area contributed by atoms with E-state index in [1.54, 1.807) is 0 Å². The summed E-state index contributed by atoms with van der Waals surface area (Å²) >= 11 is 0. The first-order chi connectivity index (χ1) is 9.33. The molecule has 1 fully saturated rings. The molecule has 0 bridgehead atoms. The quantitative estimate of drug-likeness (QED) is 0.760. The Bertz CT molecular complexity index is 342. The van der Waals surface area contributed by atoms with Gasteiger partial charge in [0.1, 0.15) is 5.60 Å². The van der Waals surface area contributed by atoms with E-state index < -0.39 is 16.4 Å². The summed E-state index contributed by atoms with van der Waals surface area (Å²) in [4.78, 5) is 13.9. The fourth-order valence-electron chi connectivity index (χ4n) is 2.21. The van der Waals surface area contributed by atoms with Crippen LogP contribution in [-0.4, -0.2) is 58.0 Å². The van der Waals surface area contributed by atoms with Crippen LogP contribution in [0.4, 0.5) is 4.79 Å². The molecule has 6 heteroatoms. The van der Waals surface area contributed by atoms with Crippen molar-refractivity contribution in [2.75, 3.05) is 31.1 Å². The van der Waals surface area contributed by atoms with Gasteiger partial charge in [0.05, 0.1) is 0 Å². The molecule has 1 N–H and O–H groups in total. The van der Waals surface area contributed by atoms with E-state index >= 15 is 0 Å². The second kappa shape index (κ2) is 7.98. The van der Waals surface area contributed by atoms with Gasteiger partial charge in [-0.3, -0.25) is 4.21 Å². The fraction of sp³-hybridized carbons (Fsp3) is 0.929. The summed E-state index contributed by atoms with van der Waals surface area (Å²) in [5.41, 5.74) is -0.449. The molecule has 1 aliphatic rings. The lowest BCUT2D eigenvalue weighted by Gasteiger charge is -2.28. The van der Waals surface area contributed by atoms with Gasteiger partial charge in [-0.25, -0.2) is 4.79 Å². The van der Waals surface area contributed by atoms with Gasteiger partial charge >= 0.3 is 6.09 Å². The van der Waals surface area contributed by atoms with Crippen molar-refractivity contribution in [1.82, 2.24) is 10.2 Å². The normalized spacial score (nSPS) is 21.0. The van der Waals surface area contributed by atoms with Crippen molar-refractivity contribution in [2.24, 2.45) is 0 Å². The van der Waals surface area contributed by atoms with Crippen molar-refractivity contribution in [2.45, 2.75) is 52.2 Å². The molecule has 2 atom stereocenters. The highest BCUT2D eigenvalue weighted by Crippen LogP contribution is 2.20. The predicted molar refractivity (Wildman–Crippen MR) is 82.4 cm³/mol. The molecule has 1 heterocycles. The maximum Gasteiger partial charge on any atom is 0.410 e. The second-order valence-corrected chi connectivity index (χ2v) is 7.97. The van der Waals surface area contributed by atoms with E-state index in [4.69, 9.17) is 4.74 Å². The lowest BCUT2D eigenvalue weighted by Crippen LogP contribution is -2.44. The molecule has 118 valence electrons. The Morgan fingerprint density at radius 2 is 2.15 bits per heavy atom. The predicted octanol–water partition coefficient (Wildman–Crippen LogP) is 1.74. The van der Waals surface area contributed by atoms with E-state index in [1.807, 2.05) is 32.6 Å². The molecule has 0 aromatic heterocycles. The van der Waals surface area contributed by atoms with Gasteiger partial charge < -0.3 is 15.0 Å². The van der Waals surface area contributed by atoms with E-state index in [0.717, 1.165) is 32.5 Å². The molecule has 0 aliphatic carbocycles. The van der Waals surface area contributed by atoms with Gasteiger partial charge in [-0.1, -0.05) is 6.92 Å². The largest absolute Gasteiger partial charge is 0.444 e. The standard InChI is InChI=1S/C14H28N2O3S/c1-5-20(18)10-8-15-11-12-7-6-9-16(12)13(17)19-14(2,3)4/h12,15H,5-11H2,1-4H3. The Morgan fingerprint density at radius 1 is 1.45 bits per heavy atom. The molecule has 1 aliphatic heterocycles. The number of carbonyl (C=O) groups excluding carboxylic acids is 1. The Balaban J connectivity index is 2.34. The topological polar surface area (TPSA) is 58.6 Å². The molecule has 2 unspecified atom stereocenters. The van der Waals surface area contributed by atoms with Crippen LogP contribution in [0, 0.1) is 0 Å². The van der Waals surface area contributed by atoms with Crippen LogP contribution in [0.5, 0.6) is 0 Å². The average molecular weight is 304 g/mol. The maximum atomic E-state index is 12.1. The number of hydrogen-bond acceptors (Lipinski definition) is 4. The van der Waals surface area contributed by atoms with Crippen molar-refractivity contribution in [3.05, 3.63) is 0 Å². The van der Waals surface area contributed by atoms with E-state index in [9.17, 15) is 9.00 Å². The van der Waals surface area contributed by atoms with Crippen LogP contribution >= 0.6 is 0 Å². The first-order valence-corrected chi connectivity index (χ1v) is 8.87. The minimum absolute atomic E-state index is 0.194. The van der Waals surface area contributed by atoms with Crippen LogP contribution in [0.2, 0.25) is 0 Å². The molecule has 0 saturated carbocycles. The van der Waals surface area contributed by atoms with Crippen molar-refractivity contribution >= 4 is 16.9 Å². The highest BCUT2D eigenvalue weighted by atomic mass is 32.2. The fourth-order valence-corrected chi connectivity index (χ4v) is 2.87. The summed E-state index contributed by atoms with van der Waals surface area (Å²) in [5.74, 6) is 1.38. The molecular weight excluding hydrogens is 276 g/mol. The van der Waals surface area contributed by atoms with Crippen LogP contribution in [-0.2, 0) is 15.5 Å². The van der Waals surface area contributed by atoms with E-state index in [2.05, 4.69) is 5.32 Å². The van der Waals surface area contributed by atoms with Gasteiger partial charge in [-0.2, -0.15) is 0 Å². The minimum Gasteiger partial charge on any atom is -0.444 e. The number of ether oxygens (including phenoxy) is 1. The number of amides is 1. The summed E-state index contributed by atoms with van der Waals surface area (Å²) in [6.45, 7) is 9.83. The van der Waals surface area contributed by atoms with Crippen molar-refractivity contribution in [3.8, 4) is 0 Å². The third-order valence-electron chi connectivity index (χ3n) is 3.21. The molecular formula is C14H28N2O3S. The zero-order valence-electron chi connectivity index (χ0n) is 13.1. The van der Waals surface area contributed by atoms with Gasteiger partial charge in [0.15, 0.2) is 0 Å². The Morgan fingerprint density at radius 3 is 2.75 bits per heavy atom. The van der Waals surface area contributed by atoms with Crippen LogP contribution in [0.1, 0.15) is 40.5 Å². The molecule has 0 radical (unpaired) electrons. The number of nitrogens with one attached hydrogen (secondary N) is 1. The van der Waals surface area contributed by atoms with Crippen LogP contribution < -0.4 is 5.32 Å². The van der Waals surface area contributed by atoms with Crippen molar-refractivity contribution in [3.63, 3.8) is 0 Å². The lowest BCUT2D eigenvalue weighted by atomic mass is 10.2. The number of hydrogen-bond donors (Lipinski definition) is 1. The summed E-state index contributed by atoms with van der Waals surface area (Å²) < 4.78 is 16.7. The van der Waals surface area contributed by atoms with E-state index in [1.165, 1.54) is 0 Å².